The topological polar surface area (TPSA) is 74.3 Å². The number of nitrogens with one attached hydrogen (secondary N) is 2. The SMILES string of the molecule is COc1ccc(NC(=O)c2ccc3[nH]ccc3c2)cc1CO. The fraction of sp³-hybridized carbons (Fsp3) is 0.118. The van der Waals surface area contributed by atoms with E-state index in [1.54, 1.807) is 31.4 Å². The number of hydrogen-bond acceptors (Lipinski definition) is 3. The third kappa shape index (κ3) is 2.66. The summed E-state index contributed by atoms with van der Waals surface area (Å²) in [6, 6.07) is 12.6. The normalized spacial score (nSPS) is 10.6. The molecule has 112 valence electrons. The van der Waals surface area contributed by atoms with Gasteiger partial charge in [-0.2, -0.15) is 0 Å². The molecule has 2 aromatic carbocycles. The van der Waals surface area contributed by atoms with E-state index in [-0.39, 0.29) is 12.5 Å². The summed E-state index contributed by atoms with van der Waals surface area (Å²) in [5, 5.41) is 13.1. The number of aliphatic hydroxyl groups is 1. The van der Waals surface area contributed by atoms with Crippen LogP contribution in [0.25, 0.3) is 10.9 Å². The monoisotopic (exact) mass is 296 g/mol. The van der Waals surface area contributed by atoms with Gasteiger partial charge >= 0.3 is 0 Å². The molecular weight excluding hydrogens is 280 g/mol. The molecule has 5 nitrogen and oxygen atoms in total. The van der Waals surface area contributed by atoms with Crippen molar-refractivity contribution < 1.29 is 14.6 Å². The molecule has 0 saturated heterocycles. The Hall–Kier alpha value is -2.79. The number of amides is 1. The Morgan fingerprint density at radius 3 is 2.86 bits per heavy atom. The van der Waals surface area contributed by atoms with Crippen LogP contribution in [0.3, 0.4) is 0 Å². The van der Waals surface area contributed by atoms with Gasteiger partial charge in [-0.25, -0.2) is 0 Å². The summed E-state index contributed by atoms with van der Waals surface area (Å²) >= 11 is 0. The molecule has 0 radical (unpaired) electrons. The molecule has 0 saturated carbocycles. The summed E-state index contributed by atoms with van der Waals surface area (Å²) in [7, 11) is 1.54. The quantitative estimate of drug-likeness (QED) is 0.693. The Kier molecular flexibility index (Phi) is 3.80. The zero-order valence-corrected chi connectivity index (χ0v) is 12.1. The van der Waals surface area contributed by atoms with Crippen LogP contribution in [0.15, 0.2) is 48.7 Å². The molecule has 0 unspecified atom stereocenters. The molecular formula is C17H16N2O3. The molecule has 1 heterocycles. The summed E-state index contributed by atoms with van der Waals surface area (Å²) in [4.78, 5) is 15.4. The summed E-state index contributed by atoms with van der Waals surface area (Å²) < 4.78 is 5.14. The van der Waals surface area contributed by atoms with E-state index >= 15 is 0 Å². The van der Waals surface area contributed by atoms with E-state index < -0.39 is 0 Å². The van der Waals surface area contributed by atoms with Gasteiger partial charge in [0.05, 0.1) is 13.7 Å². The first-order valence-corrected chi connectivity index (χ1v) is 6.87. The van der Waals surface area contributed by atoms with Crippen LogP contribution < -0.4 is 10.1 Å². The molecule has 3 N–H and O–H groups in total. The number of hydrogen-bond donors (Lipinski definition) is 3. The summed E-state index contributed by atoms with van der Waals surface area (Å²) in [6.07, 6.45) is 1.84. The minimum atomic E-state index is -0.197. The number of carbonyl (C=O) groups excluding carboxylic acids is 1. The molecule has 3 aromatic rings. The molecule has 0 aliphatic heterocycles. The standard InChI is InChI=1S/C17H16N2O3/c1-22-16-5-3-14(9-13(16)10-20)19-17(21)12-2-4-15-11(8-12)6-7-18-15/h2-9,18,20H,10H2,1H3,(H,19,21). The fourth-order valence-electron chi connectivity index (χ4n) is 2.38. The first kappa shape index (κ1) is 14.2. The maximum Gasteiger partial charge on any atom is 0.255 e. The van der Waals surface area contributed by atoms with Crippen molar-refractivity contribution in [1.82, 2.24) is 4.98 Å². The number of aliphatic hydroxyl groups excluding tert-OH is 1. The predicted octanol–water partition coefficient (Wildman–Crippen LogP) is 2.92. The maximum absolute atomic E-state index is 12.3. The zero-order chi connectivity index (χ0) is 15.5. The minimum Gasteiger partial charge on any atom is -0.496 e. The van der Waals surface area contributed by atoms with Crippen LogP contribution >= 0.6 is 0 Å². The highest BCUT2D eigenvalue weighted by molar-refractivity contribution is 6.06. The molecule has 22 heavy (non-hydrogen) atoms. The van der Waals surface area contributed by atoms with Gasteiger partial charge in [0.2, 0.25) is 0 Å². The Morgan fingerprint density at radius 2 is 2.09 bits per heavy atom. The van der Waals surface area contributed by atoms with E-state index in [2.05, 4.69) is 10.3 Å². The molecule has 0 spiro atoms. The van der Waals surface area contributed by atoms with Crippen LogP contribution in [-0.4, -0.2) is 23.1 Å². The van der Waals surface area contributed by atoms with E-state index in [1.807, 2.05) is 24.4 Å². The Morgan fingerprint density at radius 1 is 1.23 bits per heavy atom. The van der Waals surface area contributed by atoms with Crippen molar-refractivity contribution in [3.8, 4) is 5.75 Å². The number of aromatic amines is 1. The lowest BCUT2D eigenvalue weighted by molar-refractivity contribution is 0.102. The predicted molar refractivity (Wildman–Crippen MR) is 85.2 cm³/mol. The lowest BCUT2D eigenvalue weighted by Crippen LogP contribution is -2.12. The molecule has 0 atom stereocenters. The van der Waals surface area contributed by atoms with Gasteiger partial charge in [-0.3, -0.25) is 4.79 Å². The Balaban J connectivity index is 1.84. The van der Waals surface area contributed by atoms with Crippen molar-refractivity contribution in [2.24, 2.45) is 0 Å². The number of rotatable bonds is 4. The lowest BCUT2D eigenvalue weighted by atomic mass is 10.1. The number of benzene rings is 2. The van der Waals surface area contributed by atoms with Gasteiger partial charge in [0.15, 0.2) is 0 Å². The van der Waals surface area contributed by atoms with E-state index in [0.29, 0.717) is 22.6 Å². The van der Waals surface area contributed by atoms with Gasteiger partial charge in [-0.1, -0.05) is 0 Å². The van der Waals surface area contributed by atoms with Crippen molar-refractivity contribution in [2.45, 2.75) is 6.61 Å². The van der Waals surface area contributed by atoms with Gasteiger partial charge in [-0.15, -0.1) is 0 Å². The Bertz CT molecular complexity index is 824. The lowest BCUT2D eigenvalue weighted by Gasteiger charge is -2.10. The van der Waals surface area contributed by atoms with E-state index in [4.69, 9.17) is 4.74 Å². The smallest absolute Gasteiger partial charge is 0.255 e. The number of H-pyrrole nitrogens is 1. The summed E-state index contributed by atoms with van der Waals surface area (Å²) in [5.74, 6) is 0.395. The van der Waals surface area contributed by atoms with Crippen molar-refractivity contribution in [3.63, 3.8) is 0 Å². The second-order valence-corrected chi connectivity index (χ2v) is 4.92. The third-order valence-electron chi connectivity index (χ3n) is 3.52. The zero-order valence-electron chi connectivity index (χ0n) is 12.1. The number of methoxy groups -OCH3 is 1. The molecule has 0 bridgehead atoms. The second-order valence-electron chi connectivity index (χ2n) is 4.92. The molecule has 0 fully saturated rings. The number of carbonyl (C=O) groups is 1. The number of fused-ring (bicyclic) bond motifs is 1. The van der Waals surface area contributed by atoms with Crippen LogP contribution in [0.2, 0.25) is 0 Å². The van der Waals surface area contributed by atoms with Crippen molar-refractivity contribution in [1.29, 1.82) is 0 Å². The maximum atomic E-state index is 12.3. The minimum absolute atomic E-state index is 0.151. The van der Waals surface area contributed by atoms with Crippen LogP contribution in [0.4, 0.5) is 5.69 Å². The van der Waals surface area contributed by atoms with Gasteiger partial charge in [0.1, 0.15) is 5.75 Å². The Labute approximate surface area is 127 Å². The fourth-order valence-corrected chi connectivity index (χ4v) is 2.38. The molecule has 3 rings (SSSR count). The number of ether oxygens (including phenoxy) is 1. The van der Waals surface area contributed by atoms with Gasteiger partial charge in [-0.05, 0) is 42.5 Å². The van der Waals surface area contributed by atoms with Gasteiger partial charge < -0.3 is 20.1 Å². The van der Waals surface area contributed by atoms with Crippen molar-refractivity contribution in [2.75, 3.05) is 12.4 Å². The van der Waals surface area contributed by atoms with Crippen LogP contribution in [0, 0.1) is 0 Å². The van der Waals surface area contributed by atoms with E-state index in [1.165, 1.54) is 0 Å². The van der Waals surface area contributed by atoms with Crippen LogP contribution in [0.5, 0.6) is 5.75 Å². The highest BCUT2D eigenvalue weighted by Gasteiger charge is 2.09. The number of anilines is 1. The van der Waals surface area contributed by atoms with Crippen molar-refractivity contribution in [3.05, 3.63) is 59.8 Å². The van der Waals surface area contributed by atoms with Crippen LogP contribution in [-0.2, 0) is 6.61 Å². The largest absolute Gasteiger partial charge is 0.496 e. The number of aromatic nitrogens is 1. The molecule has 0 aliphatic carbocycles. The van der Waals surface area contributed by atoms with Gasteiger partial charge in [0, 0.05) is 33.9 Å². The van der Waals surface area contributed by atoms with Crippen molar-refractivity contribution >= 4 is 22.5 Å². The van der Waals surface area contributed by atoms with Gasteiger partial charge in [0.25, 0.3) is 5.91 Å². The second kappa shape index (κ2) is 5.91. The first-order valence-electron chi connectivity index (χ1n) is 6.87. The molecule has 5 heteroatoms. The highest BCUT2D eigenvalue weighted by atomic mass is 16.5. The summed E-state index contributed by atoms with van der Waals surface area (Å²) in [6.45, 7) is -0.151. The van der Waals surface area contributed by atoms with E-state index in [9.17, 15) is 9.90 Å². The molecule has 1 amide bonds. The summed E-state index contributed by atoms with van der Waals surface area (Å²) in [5.41, 5.74) is 2.81. The average molecular weight is 296 g/mol. The van der Waals surface area contributed by atoms with Crippen LogP contribution in [0.1, 0.15) is 15.9 Å². The van der Waals surface area contributed by atoms with E-state index in [0.717, 1.165) is 10.9 Å². The molecule has 1 aromatic heterocycles. The first-order chi connectivity index (χ1) is 10.7. The average Bonchev–Trinajstić information content (AvgIpc) is 3.02. The highest BCUT2D eigenvalue weighted by Crippen LogP contribution is 2.23. The molecule has 0 aliphatic rings. The third-order valence-corrected chi connectivity index (χ3v) is 3.52.